The Kier molecular flexibility index (Phi) is 4.50. The van der Waals surface area contributed by atoms with Crippen molar-refractivity contribution in [3.63, 3.8) is 0 Å². The van der Waals surface area contributed by atoms with Gasteiger partial charge in [0, 0.05) is 35.5 Å². The molecule has 14 atom stereocenters. The fourth-order valence-corrected chi connectivity index (χ4v) is 10.8. The first-order valence-electron chi connectivity index (χ1n) is 14.5. The molecule has 14 unspecified atom stereocenters. The normalized spacial score (nSPS) is 60.6. The van der Waals surface area contributed by atoms with E-state index in [0.29, 0.717) is 6.42 Å². The van der Waals surface area contributed by atoms with Gasteiger partial charge < -0.3 is 33.9 Å². The highest BCUT2D eigenvalue weighted by Gasteiger charge is 2.84. The van der Waals surface area contributed by atoms with E-state index in [1.54, 1.807) is 6.92 Å². The van der Waals surface area contributed by atoms with Gasteiger partial charge in [-0.3, -0.25) is 14.4 Å². The number of ether oxygens (including phenoxy) is 5. The Balaban J connectivity index is 1.33. The molecule has 3 spiro atoms. The maximum Gasteiger partial charge on any atom is 0.341 e. The third kappa shape index (κ3) is 2.55. The fourth-order valence-electron chi connectivity index (χ4n) is 10.8. The number of aliphatic hydroxyl groups is 2. The van der Waals surface area contributed by atoms with Crippen molar-refractivity contribution in [2.45, 2.75) is 119 Å². The van der Waals surface area contributed by atoms with Gasteiger partial charge >= 0.3 is 11.9 Å². The number of hydrogen-bond donors (Lipinski definition) is 2. The number of hydrogen-bond acceptors (Lipinski definition) is 11. The summed E-state index contributed by atoms with van der Waals surface area (Å²) in [5, 5.41) is 23.0. The molecule has 2 aliphatic carbocycles. The van der Waals surface area contributed by atoms with Crippen LogP contribution >= 0.6 is 0 Å². The summed E-state index contributed by atoms with van der Waals surface area (Å²) in [4.78, 5) is 54.3. The standard InChI is InChI=1S/C29H36O11/c1-11-16-18-22(26(5,35)23(34)36-18)39-29-19(16)25(4,20(11)32)6-7-27(40-29)10-28-13(8-12(30)17(27)21(29)33)24(2,3)37-14(28)9-15(31)38-28/h11-14,16-19,22,30,35H,6-10H2,1-5H3. The maximum absolute atomic E-state index is 14.8. The molecule has 6 aliphatic heterocycles. The van der Waals surface area contributed by atoms with Crippen molar-refractivity contribution in [1.29, 1.82) is 0 Å². The van der Waals surface area contributed by atoms with Crippen molar-refractivity contribution < 1.29 is 53.1 Å². The van der Waals surface area contributed by atoms with Gasteiger partial charge in [0.1, 0.15) is 29.7 Å². The highest BCUT2D eigenvalue weighted by Crippen LogP contribution is 2.71. The van der Waals surface area contributed by atoms with Crippen molar-refractivity contribution in [2.75, 3.05) is 0 Å². The third-order valence-electron chi connectivity index (χ3n) is 12.4. The van der Waals surface area contributed by atoms with Crippen LogP contribution in [0.25, 0.3) is 0 Å². The van der Waals surface area contributed by atoms with E-state index < -0.39 is 99.4 Å². The topological polar surface area (TPSA) is 155 Å². The van der Waals surface area contributed by atoms with Gasteiger partial charge in [0.25, 0.3) is 0 Å². The molecule has 0 aromatic carbocycles. The quantitative estimate of drug-likeness (QED) is 0.400. The molecule has 8 rings (SSSR count). The van der Waals surface area contributed by atoms with Crippen LogP contribution in [0.15, 0.2) is 0 Å². The van der Waals surface area contributed by atoms with Gasteiger partial charge in [-0.05, 0) is 40.0 Å². The molecule has 2 N–H and O–H groups in total. The fraction of sp³-hybridized carbons (Fsp3) is 0.862. The van der Waals surface area contributed by atoms with E-state index >= 15 is 0 Å². The highest BCUT2D eigenvalue weighted by molar-refractivity contribution is 5.98. The monoisotopic (exact) mass is 560 g/mol. The van der Waals surface area contributed by atoms with Crippen LogP contribution in [0.5, 0.6) is 0 Å². The summed E-state index contributed by atoms with van der Waals surface area (Å²) in [6.45, 7) is 8.72. The summed E-state index contributed by atoms with van der Waals surface area (Å²) >= 11 is 0. The zero-order chi connectivity index (χ0) is 28.6. The third-order valence-corrected chi connectivity index (χ3v) is 12.4. The zero-order valence-electron chi connectivity index (χ0n) is 23.3. The van der Waals surface area contributed by atoms with Gasteiger partial charge in [0.05, 0.1) is 29.6 Å². The second-order valence-electron chi connectivity index (χ2n) is 14.7. The highest BCUT2D eigenvalue weighted by atomic mass is 16.7. The predicted octanol–water partition coefficient (Wildman–Crippen LogP) is 0.598. The lowest BCUT2D eigenvalue weighted by Gasteiger charge is -2.50. The predicted molar refractivity (Wildman–Crippen MR) is 130 cm³/mol. The van der Waals surface area contributed by atoms with Gasteiger partial charge in [-0.15, -0.1) is 0 Å². The minimum atomic E-state index is -2.06. The van der Waals surface area contributed by atoms with Gasteiger partial charge in [0.15, 0.2) is 5.60 Å². The summed E-state index contributed by atoms with van der Waals surface area (Å²) in [7, 11) is 0. The average Bonchev–Trinajstić information content (AvgIpc) is 3.43. The Labute approximate surface area is 231 Å². The number of Topliss-reactive ketones (excluding diaryl/α,β-unsaturated/α-hetero) is 2. The Morgan fingerprint density at radius 3 is 2.42 bits per heavy atom. The lowest BCUT2D eigenvalue weighted by Crippen LogP contribution is -2.66. The van der Waals surface area contributed by atoms with Crippen LogP contribution < -0.4 is 0 Å². The second-order valence-corrected chi connectivity index (χ2v) is 14.7. The van der Waals surface area contributed by atoms with Crippen LogP contribution in [0.1, 0.15) is 66.7 Å². The van der Waals surface area contributed by atoms with E-state index in [-0.39, 0.29) is 37.4 Å². The molecule has 0 aromatic rings. The number of fused-ring (bicyclic) bond motifs is 2. The van der Waals surface area contributed by atoms with Crippen molar-refractivity contribution >= 4 is 23.5 Å². The minimum Gasteiger partial charge on any atom is -0.457 e. The molecule has 11 heteroatoms. The largest absolute Gasteiger partial charge is 0.457 e. The molecule has 8 fully saturated rings. The summed E-state index contributed by atoms with van der Waals surface area (Å²) < 4.78 is 31.6. The molecular formula is C29H36O11. The molecule has 0 amide bonds. The van der Waals surface area contributed by atoms with Crippen LogP contribution in [0, 0.1) is 35.0 Å². The molecule has 218 valence electrons. The SMILES string of the molecule is CC1C(=O)C2(C)CCC34CC56OC(=O)CC5OC(C)(C)C6CC(O)C3C(=O)C3(OC5C(OC(=O)C5(C)O)C1C23)O4. The summed E-state index contributed by atoms with van der Waals surface area (Å²) in [5.74, 6) is -7.18. The minimum absolute atomic E-state index is 0.0636. The summed E-state index contributed by atoms with van der Waals surface area (Å²) in [5.41, 5.74) is -6.25. The smallest absolute Gasteiger partial charge is 0.341 e. The molecule has 0 aromatic heterocycles. The van der Waals surface area contributed by atoms with E-state index in [0.717, 1.165) is 0 Å². The second kappa shape index (κ2) is 6.99. The summed E-state index contributed by atoms with van der Waals surface area (Å²) in [6.07, 6.45) is -2.95. The first-order chi connectivity index (χ1) is 18.5. The van der Waals surface area contributed by atoms with E-state index in [2.05, 4.69) is 0 Å². The van der Waals surface area contributed by atoms with E-state index in [9.17, 15) is 29.4 Å². The van der Waals surface area contributed by atoms with Crippen LogP contribution in [-0.4, -0.2) is 86.3 Å². The number of rotatable bonds is 0. The molecule has 6 saturated heterocycles. The number of aliphatic hydroxyl groups excluding tert-OH is 1. The number of esters is 2. The molecule has 40 heavy (non-hydrogen) atoms. The van der Waals surface area contributed by atoms with Gasteiger partial charge in [-0.1, -0.05) is 13.8 Å². The first kappa shape index (κ1) is 25.8. The van der Waals surface area contributed by atoms with Crippen molar-refractivity contribution in [2.24, 2.45) is 35.0 Å². The van der Waals surface area contributed by atoms with Gasteiger partial charge in [-0.2, -0.15) is 0 Å². The Morgan fingerprint density at radius 1 is 0.975 bits per heavy atom. The van der Waals surface area contributed by atoms with Crippen LogP contribution in [0.3, 0.4) is 0 Å². The summed E-state index contributed by atoms with van der Waals surface area (Å²) in [6, 6.07) is 0. The maximum atomic E-state index is 14.8. The Bertz CT molecular complexity index is 1290. The zero-order valence-corrected chi connectivity index (χ0v) is 23.3. The number of ketones is 2. The number of carbonyl (C=O) groups is 4. The van der Waals surface area contributed by atoms with E-state index in [4.69, 9.17) is 23.7 Å². The number of carbonyl (C=O) groups excluding carboxylic acids is 4. The molecule has 8 aliphatic rings. The van der Waals surface area contributed by atoms with Crippen LogP contribution in [0.4, 0.5) is 0 Å². The van der Waals surface area contributed by atoms with Gasteiger partial charge in [0.2, 0.25) is 11.6 Å². The molecule has 2 saturated carbocycles. The molecule has 0 radical (unpaired) electrons. The molecular weight excluding hydrogens is 524 g/mol. The first-order valence-corrected chi connectivity index (χ1v) is 14.5. The van der Waals surface area contributed by atoms with Crippen LogP contribution in [0.2, 0.25) is 0 Å². The molecule has 2 bridgehead atoms. The average molecular weight is 561 g/mol. The van der Waals surface area contributed by atoms with E-state index in [1.807, 2.05) is 20.8 Å². The van der Waals surface area contributed by atoms with Gasteiger partial charge in [-0.25, -0.2) is 4.79 Å². The Morgan fingerprint density at radius 2 is 1.70 bits per heavy atom. The van der Waals surface area contributed by atoms with Crippen molar-refractivity contribution in [3.8, 4) is 0 Å². The lowest BCUT2D eigenvalue weighted by atomic mass is 9.60. The van der Waals surface area contributed by atoms with E-state index in [1.165, 1.54) is 6.92 Å². The molecule has 6 heterocycles. The molecule has 11 nitrogen and oxygen atoms in total. The van der Waals surface area contributed by atoms with Crippen molar-refractivity contribution in [1.82, 2.24) is 0 Å². The lowest BCUT2D eigenvalue weighted by molar-refractivity contribution is -0.339. The Hall–Kier alpha value is -1.92. The van der Waals surface area contributed by atoms with Crippen molar-refractivity contribution in [3.05, 3.63) is 0 Å². The van der Waals surface area contributed by atoms with Crippen LogP contribution in [-0.2, 0) is 42.9 Å².